The third-order valence-corrected chi connectivity index (χ3v) is 4.39. The molecule has 0 heterocycles. The minimum absolute atomic E-state index is 0.0535. The van der Waals surface area contributed by atoms with Gasteiger partial charge in [-0.05, 0) is 64.5 Å². The zero-order valence-electron chi connectivity index (χ0n) is 10.7. The monoisotopic (exact) mass is 385 g/mol. The molecular weight excluding hydrogens is 374 g/mol. The number of para-hydroxylation sites is 1. The Balaban J connectivity index is 2.05. The maximum absolute atomic E-state index is 11.2. The van der Waals surface area contributed by atoms with Gasteiger partial charge in [-0.1, -0.05) is 12.1 Å². The molecule has 0 fully saturated rings. The van der Waals surface area contributed by atoms with Crippen molar-refractivity contribution in [1.82, 2.24) is 0 Å². The highest BCUT2D eigenvalue weighted by Crippen LogP contribution is 2.21. The lowest BCUT2D eigenvalue weighted by molar-refractivity contribution is 0.598. The van der Waals surface area contributed by atoms with Crippen molar-refractivity contribution in [3.8, 4) is 0 Å². The first-order chi connectivity index (χ1) is 9.86. The molecule has 8 heteroatoms. The molecule has 2 rings (SSSR count). The average Bonchev–Trinajstić information content (AvgIpc) is 2.41. The molecule has 0 bridgehead atoms. The van der Waals surface area contributed by atoms with E-state index in [-0.39, 0.29) is 4.90 Å². The summed E-state index contributed by atoms with van der Waals surface area (Å²) >= 11 is 8.61. The van der Waals surface area contributed by atoms with Crippen LogP contribution in [0.2, 0.25) is 0 Å². The lowest BCUT2D eigenvalue weighted by atomic mass is 10.3. The van der Waals surface area contributed by atoms with E-state index in [0.29, 0.717) is 10.8 Å². The summed E-state index contributed by atoms with van der Waals surface area (Å²) in [6, 6.07) is 13.6. The number of benzene rings is 2. The fourth-order valence-electron chi connectivity index (χ4n) is 1.58. The number of nitrogens with one attached hydrogen (secondary N) is 2. The van der Waals surface area contributed by atoms with E-state index in [9.17, 15) is 8.42 Å². The summed E-state index contributed by atoms with van der Waals surface area (Å²) in [5.74, 6) is 0. The van der Waals surface area contributed by atoms with Crippen LogP contribution in [0.15, 0.2) is 57.9 Å². The van der Waals surface area contributed by atoms with Gasteiger partial charge in [-0.15, -0.1) is 0 Å². The van der Waals surface area contributed by atoms with Crippen LogP contribution < -0.4 is 15.8 Å². The fraction of sp³-hybridized carbons (Fsp3) is 0. The van der Waals surface area contributed by atoms with Crippen LogP contribution in [0.5, 0.6) is 0 Å². The molecule has 21 heavy (non-hydrogen) atoms. The lowest BCUT2D eigenvalue weighted by Gasteiger charge is -2.12. The normalized spacial score (nSPS) is 11.0. The van der Waals surface area contributed by atoms with Crippen LogP contribution in [0, 0.1) is 0 Å². The number of hydrogen-bond acceptors (Lipinski definition) is 3. The van der Waals surface area contributed by atoms with Crippen molar-refractivity contribution in [3.63, 3.8) is 0 Å². The van der Waals surface area contributed by atoms with Crippen molar-refractivity contribution in [2.24, 2.45) is 5.14 Å². The van der Waals surface area contributed by atoms with Gasteiger partial charge in [0, 0.05) is 10.2 Å². The maximum atomic E-state index is 11.2. The summed E-state index contributed by atoms with van der Waals surface area (Å²) in [7, 11) is -3.68. The second-order valence-corrected chi connectivity index (χ2v) is 6.95. The highest BCUT2D eigenvalue weighted by Gasteiger charge is 2.07. The summed E-state index contributed by atoms with van der Waals surface area (Å²) in [6.07, 6.45) is 0. The van der Waals surface area contributed by atoms with Gasteiger partial charge in [0.2, 0.25) is 10.0 Å². The van der Waals surface area contributed by atoms with Gasteiger partial charge in [-0.2, -0.15) is 0 Å². The number of halogens is 1. The SMILES string of the molecule is NS(=O)(=O)c1ccc(NC(=S)Nc2ccccc2Br)cc1. The molecule has 0 aliphatic rings. The standard InChI is InChI=1S/C13H12BrN3O2S2/c14-11-3-1-2-4-12(11)17-13(20)16-9-5-7-10(8-6-9)21(15,18)19/h1-8H,(H2,15,18,19)(H2,16,17,20). The minimum Gasteiger partial charge on any atom is -0.332 e. The van der Waals surface area contributed by atoms with Gasteiger partial charge >= 0.3 is 0 Å². The highest BCUT2D eigenvalue weighted by atomic mass is 79.9. The van der Waals surface area contributed by atoms with Gasteiger partial charge in [-0.3, -0.25) is 0 Å². The van der Waals surface area contributed by atoms with Crippen molar-refractivity contribution in [2.45, 2.75) is 4.90 Å². The Kier molecular flexibility index (Phi) is 4.94. The van der Waals surface area contributed by atoms with Crippen LogP contribution >= 0.6 is 28.1 Å². The molecule has 2 aromatic rings. The number of primary sulfonamides is 1. The quantitative estimate of drug-likeness (QED) is 0.707. The van der Waals surface area contributed by atoms with Gasteiger partial charge in [0.25, 0.3) is 0 Å². The van der Waals surface area contributed by atoms with E-state index in [2.05, 4.69) is 26.6 Å². The Morgan fingerprint density at radius 1 is 1.05 bits per heavy atom. The van der Waals surface area contributed by atoms with Crippen LogP contribution in [0.1, 0.15) is 0 Å². The van der Waals surface area contributed by atoms with Crippen LogP contribution in [-0.4, -0.2) is 13.5 Å². The first kappa shape index (κ1) is 15.9. The molecule has 0 aliphatic carbocycles. The molecule has 0 spiro atoms. The van der Waals surface area contributed by atoms with Crippen molar-refractivity contribution < 1.29 is 8.42 Å². The summed E-state index contributed by atoms with van der Waals surface area (Å²) < 4.78 is 23.2. The number of thiocarbonyl (C=S) groups is 1. The fourth-order valence-corrected chi connectivity index (χ4v) is 2.70. The van der Waals surface area contributed by atoms with Crippen LogP contribution in [0.25, 0.3) is 0 Å². The molecule has 0 unspecified atom stereocenters. The van der Waals surface area contributed by atoms with Crippen LogP contribution in [0.3, 0.4) is 0 Å². The number of hydrogen-bond donors (Lipinski definition) is 3. The van der Waals surface area contributed by atoms with E-state index in [0.717, 1.165) is 10.2 Å². The summed E-state index contributed by atoms with van der Waals surface area (Å²) in [4.78, 5) is 0.0535. The molecule has 0 aliphatic heterocycles. The van der Waals surface area contributed by atoms with Crippen LogP contribution in [0.4, 0.5) is 11.4 Å². The van der Waals surface area contributed by atoms with Gasteiger partial charge in [0.1, 0.15) is 0 Å². The van der Waals surface area contributed by atoms with Gasteiger partial charge in [0.15, 0.2) is 5.11 Å². The minimum atomic E-state index is -3.68. The highest BCUT2D eigenvalue weighted by molar-refractivity contribution is 9.10. The van der Waals surface area contributed by atoms with Gasteiger partial charge in [0.05, 0.1) is 10.6 Å². The molecule has 0 atom stereocenters. The molecule has 0 saturated carbocycles. The van der Waals surface area contributed by atoms with Crippen LogP contribution in [-0.2, 0) is 10.0 Å². The van der Waals surface area contributed by atoms with Gasteiger partial charge in [-0.25, -0.2) is 13.6 Å². The molecule has 0 saturated heterocycles. The Hall–Kier alpha value is -1.48. The maximum Gasteiger partial charge on any atom is 0.238 e. The van der Waals surface area contributed by atoms with E-state index >= 15 is 0 Å². The molecule has 5 nitrogen and oxygen atoms in total. The Labute approximate surface area is 136 Å². The first-order valence-electron chi connectivity index (χ1n) is 5.81. The van der Waals surface area contributed by atoms with E-state index in [1.165, 1.54) is 12.1 Å². The lowest BCUT2D eigenvalue weighted by Crippen LogP contribution is -2.19. The smallest absolute Gasteiger partial charge is 0.238 e. The third-order valence-electron chi connectivity index (χ3n) is 2.56. The zero-order valence-corrected chi connectivity index (χ0v) is 13.9. The van der Waals surface area contributed by atoms with Crippen molar-refractivity contribution in [3.05, 3.63) is 53.0 Å². The number of anilines is 2. The predicted octanol–water partition coefficient (Wildman–Crippen LogP) is 2.91. The van der Waals surface area contributed by atoms with Crippen molar-refractivity contribution in [2.75, 3.05) is 10.6 Å². The average molecular weight is 386 g/mol. The van der Waals surface area contributed by atoms with E-state index in [1.807, 2.05) is 24.3 Å². The topological polar surface area (TPSA) is 84.2 Å². The van der Waals surface area contributed by atoms with E-state index < -0.39 is 10.0 Å². The molecular formula is C13H12BrN3O2S2. The van der Waals surface area contributed by atoms with Crippen molar-refractivity contribution in [1.29, 1.82) is 0 Å². The molecule has 110 valence electrons. The molecule has 2 aromatic carbocycles. The Bertz CT molecular complexity index is 761. The number of sulfonamides is 1. The summed E-state index contributed by atoms with van der Waals surface area (Å²) in [5, 5.41) is 11.4. The van der Waals surface area contributed by atoms with Crippen molar-refractivity contribution >= 4 is 54.7 Å². The predicted molar refractivity (Wildman–Crippen MR) is 91.8 cm³/mol. The molecule has 0 amide bonds. The second-order valence-electron chi connectivity index (χ2n) is 4.13. The Morgan fingerprint density at radius 2 is 1.67 bits per heavy atom. The van der Waals surface area contributed by atoms with Gasteiger partial charge < -0.3 is 10.6 Å². The molecule has 0 aromatic heterocycles. The Morgan fingerprint density at radius 3 is 2.24 bits per heavy atom. The summed E-state index contributed by atoms with van der Waals surface area (Å²) in [6.45, 7) is 0. The largest absolute Gasteiger partial charge is 0.332 e. The second kappa shape index (κ2) is 6.52. The summed E-state index contributed by atoms with van der Waals surface area (Å²) in [5.41, 5.74) is 1.49. The molecule has 4 N–H and O–H groups in total. The number of rotatable bonds is 3. The third kappa shape index (κ3) is 4.50. The number of nitrogens with two attached hydrogens (primary N) is 1. The zero-order chi connectivity index (χ0) is 15.5. The van der Waals surface area contributed by atoms with E-state index in [4.69, 9.17) is 17.4 Å². The first-order valence-corrected chi connectivity index (χ1v) is 8.56. The van der Waals surface area contributed by atoms with E-state index in [1.54, 1.807) is 12.1 Å². The molecule has 0 radical (unpaired) electrons.